The highest BCUT2D eigenvalue weighted by Gasteiger charge is 2.51. The molecule has 3 heterocycles. The molecule has 2 N–H and O–H groups in total. The van der Waals surface area contributed by atoms with Crippen LogP contribution in [0.15, 0.2) is 0 Å². The standard InChI is InChI=1S/C17H29N3O4/c1-16(2,20-7-9-24-10-8-20)12-19-5-3-17(4-6-19)13(15(22)23)11-14(21)18-17/h13H,3-12H2,1-2H3,(H,18,21)(H,22,23)/t13-/m1/s1. The predicted octanol–water partition coefficient (Wildman–Crippen LogP) is 0.153. The summed E-state index contributed by atoms with van der Waals surface area (Å²) < 4.78 is 5.44. The van der Waals surface area contributed by atoms with Crippen molar-refractivity contribution in [2.24, 2.45) is 5.92 Å². The molecule has 3 rings (SSSR count). The van der Waals surface area contributed by atoms with Gasteiger partial charge >= 0.3 is 5.97 Å². The highest BCUT2D eigenvalue weighted by atomic mass is 16.5. The summed E-state index contributed by atoms with van der Waals surface area (Å²) in [5.74, 6) is -1.56. The lowest BCUT2D eigenvalue weighted by Crippen LogP contribution is -2.60. The van der Waals surface area contributed by atoms with Crippen molar-refractivity contribution in [2.45, 2.75) is 44.2 Å². The minimum atomic E-state index is -0.851. The summed E-state index contributed by atoms with van der Waals surface area (Å²) in [5, 5.41) is 12.4. The number of carboxylic acids is 1. The molecule has 0 aliphatic carbocycles. The second-order valence-electron chi connectivity index (χ2n) is 7.99. The first kappa shape index (κ1) is 17.6. The first-order chi connectivity index (χ1) is 11.3. The van der Waals surface area contributed by atoms with E-state index in [4.69, 9.17) is 4.74 Å². The lowest BCUT2D eigenvalue weighted by Gasteiger charge is -2.47. The molecule has 0 aromatic carbocycles. The van der Waals surface area contributed by atoms with Gasteiger partial charge in [-0.15, -0.1) is 0 Å². The zero-order valence-electron chi connectivity index (χ0n) is 14.7. The number of aliphatic carboxylic acids is 1. The summed E-state index contributed by atoms with van der Waals surface area (Å²) in [6.07, 6.45) is 1.55. The van der Waals surface area contributed by atoms with Crippen LogP contribution in [0.1, 0.15) is 33.1 Å². The van der Waals surface area contributed by atoms with Crippen LogP contribution < -0.4 is 5.32 Å². The largest absolute Gasteiger partial charge is 0.481 e. The van der Waals surface area contributed by atoms with Gasteiger partial charge in [-0.05, 0) is 26.7 Å². The number of piperidine rings is 1. The molecule has 0 saturated carbocycles. The molecule has 136 valence electrons. The third-order valence-electron chi connectivity index (χ3n) is 5.97. The van der Waals surface area contributed by atoms with Crippen molar-refractivity contribution in [3.63, 3.8) is 0 Å². The number of nitrogens with one attached hydrogen (secondary N) is 1. The Hall–Kier alpha value is -1.18. The van der Waals surface area contributed by atoms with E-state index < -0.39 is 17.4 Å². The van der Waals surface area contributed by atoms with Gasteiger partial charge in [0.05, 0.1) is 24.7 Å². The molecule has 3 fully saturated rings. The average Bonchev–Trinajstić information content (AvgIpc) is 2.87. The van der Waals surface area contributed by atoms with E-state index in [1.165, 1.54) is 0 Å². The summed E-state index contributed by atoms with van der Waals surface area (Å²) in [5.41, 5.74) is -0.470. The Bertz CT molecular complexity index is 494. The molecule has 0 aromatic heterocycles. The molecule has 0 radical (unpaired) electrons. The van der Waals surface area contributed by atoms with Gasteiger partial charge in [-0.25, -0.2) is 0 Å². The van der Waals surface area contributed by atoms with E-state index in [1.807, 2.05) is 0 Å². The SMILES string of the molecule is CC(C)(CN1CCC2(CC1)NC(=O)C[C@@H]2C(=O)O)N1CCOCC1. The van der Waals surface area contributed by atoms with Crippen LogP contribution in [0.4, 0.5) is 0 Å². The molecule has 24 heavy (non-hydrogen) atoms. The minimum Gasteiger partial charge on any atom is -0.481 e. The van der Waals surface area contributed by atoms with E-state index in [-0.39, 0.29) is 17.9 Å². The molecule has 1 spiro atoms. The number of morpholine rings is 1. The van der Waals surface area contributed by atoms with E-state index in [9.17, 15) is 14.7 Å². The van der Waals surface area contributed by atoms with Crippen molar-refractivity contribution >= 4 is 11.9 Å². The van der Waals surface area contributed by atoms with Crippen molar-refractivity contribution in [3.8, 4) is 0 Å². The second-order valence-corrected chi connectivity index (χ2v) is 7.99. The average molecular weight is 339 g/mol. The Morgan fingerprint density at radius 3 is 2.50 bits per heavy atom. The number of ether oxygens (including phenoxy) is 1. The predicted molar refractivity (Wildman–Crippen MR) is 88.8 cm³/mol. The number of nitrogens with zero attached hydrogens (tertiary/aromatic N) is 2. The Morgan fingerprint density at radius 2 is 1.92 bits per heavy atom. The number of carbonyl (C=O) groups is 2. The smallest absolute Gasteiger partial charge is 0.309 e. The molecule has 1 atom stereocenters. The van der Waals surface area contributed by atoms with Gasteiger partial charge in [0.2, 0.25) is 5.91 Å². The van der Waals surface area contributed by atoms with Crippen LogP contribution in [-0.4, -0.2) is 83.8 Å². The molecule has 0 bridgehead atoms. The van der Waals surface area contributed by atoms with Crippen molar-refractivity contribution in [1.29, 1.82) is 0 Å². The third-order valence-corrected chi connectivity index (χ3v) is 5.97. The molecule has 3 aliphatic heterocycles. The first-order valence-corrected chi connectivity index (χ1v) is 8.91. The van der Waals surface area contributed by atoms with Gasteiger partial charge in [-0.3, -0.25) is 14.5 Å². The fourth-order valence-electron chi connectivity index (χ4n) is 4.52. The zero-order chi connectivity index (χ0) is 17.4. The van der Waals surface area contributed by atoms with E-state index in [2.05, 4.69) is 29.0 Å². The van der Waals surface area contributed by atoms with Crippen molar-refractivity contribution in [1.82, 2.24) is 15.1 Å². The van der Waals surface area contributed by atoms with Crippen molar-refractivity contribution < 1.29 is 19.4 Å². The quantitative estimate of drug-likeness (QED) is 0.759. The number of hydrogen-bond donors (Lipinski definition) is 2. The second kappa shape index (κ2) is 6.61. The Kier molecular flexibility index (Phi) is 4.86. The number of carboxylic acid groups (broad SMARTS) is 1. The van der Waals surface area contributed by atoms with Gasteiger partial charge in [0.15, 0.2) is 0 Å². The fourth-order valence-corrected chi connectivity index (χ4v) is 4.52. The summed E-state index contributed by atoms with van der Waals surface area (Å²) in [7, 11) is 0. The molecule has 0 unspecified atom stereocenters. The Balaban J connectivity index is 1.58. The summed E-state index contributed by atoms with van der Waals surface area (Å²) in [4.78, 5) is 28.1. The lowest BCUT2D eigenvalue weighted by molar-refractivity contribution is -0.144. The fraction of sp³-hybridized carbons (Fsp3) is 0.882. The molecule has 7 nitrogen and oxygen atoms in total. The molecular formula is C17H29N3O4. The number of hydrogen-bond acceptors (Lipinski definition) is 5. The monoisotopic (exact) mass is 339 g/mol. The van der Waals surface area contributed by atoms with E-state index in [0.717, 1.165) is 58.8 Å². The van der Waals surface area contributed by atoms with Gasteiger partial charge < -0.3 is 20.1 Å². The number of likely N-dealkylation sites (tertiary alicyclic amines) is 1. The van der Waals surface area contributed by atoms with Gasteiger partial charge in [-0.1, -0.05) is 0 Å². The van der Waals surface area contributed by atoms with Gasteiger partial charge in [0.25, 0.3) is 0 Å². The highest BCUT2D eigenvalue weighted by molar-refractivity contribution is 5.88. The Morgan fingerprint density at radius 1 is 1.29 bits per heavy atom. The van der Waals surface area contributed by atoms with E-state index in [1.54, 1.807) is 0 Å². The molecule has 1 amide bonds. The Labute approximate surface area is 143 Å². The topological polar surface area (TPSA) is 82.1 Å². The molecular weight excluding hydrogens is 310 g/mol. The zero-order valence-corrected chi connectivity index (χ0v) is 14.7. The van der Waals surface area contributed by atoms with Crippen molar-refractivity contribution in [2.75, 3.05) is 45.9 Å². The van der Waals surface area contributed by atoms with Crippen LogP contribution >= 0.6 is 0 Å². The summed E-state index contributed by atoms with van der Waals surface area (Å²) >= 11 is 0. The molecule has 3 saturated heterocycles. The minimum absolute atomic E-state index is 0.0689. The van der Waals surface area contributed by atoms with Gasteiger partial charge in [0, 0.05) is 44.7 Å². The lowest BCUT2D eigenvalue weighted by atomic mass is 9.77. The number of amides is 1. The van der Waals surface area contributed by atoms with Crippen LogP contribution in [0.2, 0.25) is 0 Å². The number of rotatable bonds is 4. The van der Waals surface area contributed by atoms with E-state index >= 15 is 0 Å². The molecule has 7 heteroatoms. The van der Waals surface area contributed by atoms with E-state index in [0.29, 0.717) is 0 Å². The van der Waals surface area contributed by atoms with Crippen LogP contribution in [0.3, 0.4) is 0 Å². The van der Waals surface area contributed by atoms with Crippen LogP contribution in [-0.2, 0) is 14.3 Å². The van der Waals surface area contributed by atoms with Gasteiger partial charge in [0.1, 0.15) is 0 Å². The summed E-state index contributed by atoms with van der Waals surface area (Å²) in [6.45, 7) is 10.6. The maximum atomic E-state index is 11.7. The molecule has 0 aromatic rings. The van der Waals surface area contributed by atoms with Crippen LogP contribution in [0, 0.1) is 5.92 Å². The highest BCUT2D eigenvalue weighted by Crippen LogP contribution is 2.37. The first-order valence-electron chi connectivity index (χ1n) is 8.91. The summed E-state index contributed by atoms with van der Waals surface area (Å²) in [6, 6.07) is 0. The maximum absolute atomic E-state index is 11.7. The normalized spacial score (nSPS) is 28.9. The van der Waals surface area contributed by atoms with Crippen LogP contribution in [0.5, 0.6) is 0 Å². The van der Waals surface area contributed by atoms with Crippen LogP contribution in [0.25, 0.3) is 0 Å². The molecule has 3 aliphatic rings. The maximum Gasteiger partial charge on any atom is 0.309 e. The third kappa shape index (κ3) is 3.43. The van der Waals surface area contributed by atoms with Crippen molar-refractivity contribution in [3.05, 3.63) is 0 Å². The number of carbonyl (C=O) groups excluding carboxylic acids is 1. The van der Waals surface area contributed by atoms with Gasteiger partial charge in [-0.2, -0.15) is 0 Å².